The van der Waals surface area contributed by atoms with Crippen LogP contribution in [0.15, 0.2) is 0 Å². The van der Waals surface area contributed by atoms with Crippen LogP contribution in [0.4, 0.5) is 0 Å². The summed E-state index contributed by atoms with van der Waals surface area (Å²) in [6.07, 6.45) is 0. The molecule has 0 unspecified atom stereocenters. The predicted molar refractivity (Wildman–Crippen MR) is 24.9 cm³/mol. The number of hydrogen-bond donors (Lipinski definition) is 3. The maximum absolute atomic E-state index is 9.77. The third-order valence-corrected chi connectivity index (χ3v) is 2.49. The van der Waals surface area contributed by atoms with Gasteiger partial charge in [0.15, 0.2) is 0 Å². The summed E-state index contributed by atoms with van der Waals surface area (Å²) in [6, 6.07) is 0. The van der Waals surface area contributed by atoms with E-state index >= 15 is 0 Å². The van der Waals surface area contributed by atoms with Crippen molar-refractivity contribution in [3.63, 3.8) is 0 Å². The molecule has 3 N–H and O–H groups in total. The van der Waals surface area contributed by atoms with Crippen LogP contribution in [0.1, 0.15) is 0 Å². The van der Waals surface area contributed by atoms with Crippen molar-refractivity contribution >= 4 is 17.4 Å². The van der Waals surface area contributed by atoms with Crippen molar-refractivity contribution in [1.82, 2.24) is 0 Å². The summed E-state index contributed by atoms with van der Waals surface area (Å²) in [7, 11) is -4.56. The van der Waals surface area contributed by atoms with E-state index in [1.807, 2.05) is 0 Å². The summed E-state index contributed by atoms with van der Waals surface area (Å²) in [6.45, 7) is 0. The highest BCUT2D eigenvalue weighted by Gasteiger charge is 2.10. The highest BCUT2D eigenvalue weighted by Crippen LogP contribution is 2.32. The molecule has 6 heteroatoms. The Balaban J connectivity index is 3.36. The molecule has 0 aliphatic rings. The number of rotatable bonds is 2. The molecule has 0 aromatic rings. The smallest absolute Gasteiger partial charge is 0.324 e. The highest BCUT2D eigenvalue weighted by molar-refractivity contribution is 7.53. The maximum Gasteiger partial charge on any atom is 0.324 e. The summed E-state index contributed by atoms with van der Waals surface area (Å²) in [5, 5.41) is 0. The Labute approximate surface area is 43.3 Å². The topological polar surface area (TPSA) is 77.8 Å². The van der Waals surface area contributed by atoms with E-state index in [2.05, 4.69) is 0 Å². The molecule has 0 aliphatic carbocycles. The van der Waals surface area contributed by atoms with Crippen LogP contribution in [0.5, 0.6) is 0 Å². The molecular formula is CH5O4PSi. The second kappa shape index (κ2) is 2.59. The van der Waals surface area contributed by atoms with Crippen LogP contribution < -0.4 is 0 Å². The van der Waals surface area contributed by atoms with Crippen molar-refractivity contribution in [1.29, 1.82) is 0 Å². The van der Waals surface area contributed by atoms with Gasteiger partial charge in [0, 0.05) is 0 Å². The van der Waals surface area contributed by atoms with Gasteiger partial charge in [-0.1, -0.05) is 0 Å². The van der Waals surface area contributed by atoms with Gasteiger partial charge in [0.25, 0.3) is 0 Å². The molecule has 42 valence electrons. The fraction of sp³-hybridized carbons (Fsp3) is 1.00. The summed E-state index contributed by atoms with van der Waals surface area (Å²) in [4.78, 5) is 23.9. The predicted octanol–water partition coefficient (Wildman–Crippen LogP) is -1.27. The Bertz CT molecular complexity index is 85.7. The van der Waals surface area contributed by atoms with Gasteiger partial charge in [-0.15, -0.1) is 0 Å². The van der Waals surface area contributed by atoms with Gasteiger partial charge < -0.3 is 14.6 Å². The van der Waals surface area contributed by atoms with E-state index in [1.165, 1.54) is 0 Å². The van der Waals surface area contributed by atoms with Crippen LogP contribution in [-0.2, 0) is 4.57 Å². The minimum Gasteiger partial charge on any atom is -0.431 e. The van der Waals surface area contributed by atoms with E-state index in [4.69, 9.17) is 14.6 Å². The van der Waals surface area contributed by atoms with E-state index < -0.39 is 23.1 Å². The summed E-state index contributed by atoms with van der Waals surface area (Å²) in [5.41, 5.74) is 0. The molecule has 0 atom stereocenters. The first-order chi connectivity index (χ1) is 3.06. The fourth-order valence-electron chi connectivity index (χ4n) is 0.0921. The van der Waals surface area contributed by atoms with Gasteiger partial charge in [0.2, 0.25) is 9.76 Å². The molecule has 0 aromatic carbocycles. The lowest BCUT2D eigenvalue weighted by molar-refractivity contribution is 0.377. The van der Waals surface area contributed by atoms with Crippen LogP contribution in [-0.4, -0.2) is 30.1 Å². The molecule has 2 radical (unpaired) electrons. The van der Waals surface area contributed by atoms with Gasteiger partial charge in [0.05, 0.1) is 5.79 Å². The standard InChI is InChI=1S/CH5O4PSi/c2-6(3,4)1-7-5/h5H,1H2,(H2,2,3,4). The van der Waals surface area contributed by atoms with Crippen LogP contribution in [0.3, 0.4) is 0 Å². The van der Waals surface area contributed by atoms with Crippen molar-refractivity contribution in [2.75, 3.05) is 5.79 Å². The van der Waals surface area contributed by atoms with Crippen molar-refractivity contribution in [2.45, 2.75) is 0 Å². The van der Waals surface area contributed by atoms with Gasteiger partial charge in [-0.05, 0) is 0 Å². The molecule has 0 bridgehead atoms. The molecule has 7 heavy (non-hydrogen) atoms. The van der Waals surface area contributed by atoms with Crippen molar-refractivity contribution < 1.29 is 19.1 Å². The third-order valence-electron chi connectivity index (χ3n) is 0.277. The lowest BCUT2D eigenvalue weighted by atomic mass is 11.9. The van der Waals surface area contributed by atoms with Crippen LogP contribution in [0, 0.1) is 0 Å². The van der Waals surface area contributed by atoms with Gasteiger partial charge in [-0.2, -0.15) is 0 Å². The zero-order valence-corrected chi connectivity index (χ0v) is 5.30. The third kappa shape index (κ3) is 6.33. The summed E-state index contributed by atoms with van der Waals surface area (Å²) < 4.78 is 9.77. The van der Waals surface area contributed by atoms with Gasteiger partial charge >= 0.3 is 7.60 Å². The zero-order chi connectivity index (χ0) is 5.91. The van der Waals surface area contributed by atoms with Crippen molar-refractivity contribution in [3.8, 4) is 0 Å². The minimum atomic E-state index is -3.90. The Morgan fingerprint density at radius 2 is 2.00 bits per heavy atom. The van der Waals surface area contributed by atoms with Crippen LogP contribution in [0.25, 0.3) is 0 Å². The Kier molecular flexibility index (Phi) is 2.71. The van der Waals surface area contributed by atoms with Gasteiger partial charge in [-0.25, -0.2) is 0 Å². The lowest BCUT2D eigenvalue weighted by Crippen LogP contribution is -1.96. The average molecular weight is 140 g/mol. The van der Waals surface area contributed by atoms with E-state index in [-0.39, 0.29) is 0 Å². The molecule has 0 amide bonds. The monoisotopic (exact) mass is 140 g/mol. The van der Waals surface area contributed by atoms with Gasteiger partial charge in [-0.3, -0.25) is 4.57 Å². The normalized spacial score (nSPS) is 11.9. The van der Waals surface area contributed by atoms with Crippen molar-refractivity contribution in [2.24, 2.45) is 0 Å². The first-order valence-corrected chi connectivity index (χ1v) is 4.43. The molecule has 0 heterocycles. The Morgan fingerprint density at radius 3 is 2.00 bits per heavy atom. The first kappa shape index (κ1) is 7.33. The zero-order valence-electron chi connectivity index (χ0n) is 3.40. The second-order valence-corrected chi connectivity index (χ2v) is 3.89. The maximum atomic E-state index is 9.77. The Morgan fingerprint density at radius 1 is 1.57 bits per heavy atom. The fourth-order valence-corrected chi connectivity index (χ4v) is 0.829. The minimum absolute atomic E-state index is 0.410. The second-order valence-electron chi connectivity index (χ2n) is 0.981. The van der Waals surface area contributed by atoms with E-state index in [0.29, 0.717) is 0 Å². The molecule has 4 nitrogen and oxygen atoms in total. The highest BCUT2D eigenvalue weighted by atomic mass is 31.2. The molecule has 0 aliphatic heterocycles. The largest absolute Gasteiger partial charge is 0.431 e. The Hall–Kier alpha value is 0.327. The van der Waals surface area contributed by atoms with E-state index in [1.54, 1.807) is 0 Å². The lowest BCUT2D eigenvalue weighted by Gasteiger charge is -1.94. The molecule has 0 aromatic heterocycles. The number of hydrogen-bond acceptors (Lipinski definition) is 2. The molecule has 0 saturated heterocycles. The molecule has 0 saturated carbocycles. The molecular weight excluding hydrogens is 135 g/mol. The van der Waals surface area contributed by atoms with Crippen LogP contribution >= 0.6 is 7.60 Å². The summed E-state index contributed by atoms with van der Waals surface area (Å²) >= 11 is 0. The van der Waals surface area contributed by atoms with Crippen molar-refractivity contribution in [3.05, 3.63) is 0 Å². The molecule has 0 fully saturated rings. The van der Waals surface area contributed by atoms with Crippen LogP contribution in [0.2, 0.25) is 0 Å². The molecule has 0 rings (SSSR count). The SMILES string of the molecule is O=P(O)(O)C[Si]O. The van der Waals surface area contributed by atoms with E-state index in [9.17, 15) is 4.57 Å². The molecule has 0 spiro atoms. The first-order valence-electron chi connectivity index (χ1n) is 1.48. The van der Waals surface area contributed by atoms with E-state index in [0.717, 1.165) is 0 Å². The summed E-state index contributed by atoms with van der Waals surface area (Å²) in [5.74, 6) is -0.410. The average Bonchev–Trinajstić information content (AvgIpc) is 1.30. The van der Waals surface area contributed by atoms with Gasteiger partial charge in [0.1, 0.15) is 0 Å². The quantitative estimate of drug-likeness (QED) is 0.330.